The van der Waals surface area contributed by atoms with E-state index in [0.717, 1.165) is 30.5 Å². The lowest BCUT2D eigenvalue weighted by molar-refractivity contribution is 0.521. The van der Waals surface area contributed by atoms with Gasteiger partial charge in [0.1, 0.15) is 5.82 Å². The molecule has 1 aromatic rings. The molecule has 15 heavy (non-hydrogen) atoms. The van der Waals surface area contributed by atoms with Gasteiger partial charge in [-0.1, -0.05) is 6.92 Å². The van der Waals surface area contributed by atoms with Gasteiger partial charge in [0, 0.05) is 13.1 Å². The predicted molar refractivity (Wildman–Crippen MR) is 63.9 cm³/mol. The molecule has 0 aliphatic carbocycles. The highest BCUT2D eigenvalue weighted by Crippen LogP contribution is 2.21. The normalized spacial score (nSPS) is 22.5. The first-order chi connectivity index (χ1) is 7.25. The quantitative estimate of drug-likeness (QED) is 0.765. The molecule has 0 spiro atoms. The van der Waals surface area contributed by atoms with Crippen LogP contribution in [0.3, 0.4) is 0 Å². The molecular formula is C12H19N3. The van der Waals surface area contributed by atoms with E-state index in [0.29, 0.717) is 0 Å². The van der Waals surface area contributed by atoms with E-state index in [-0.39, 0.29) is 0 Å². The molecule has 3 heteroatoms. The van der Waals surface area contributed by atoms with E-state index in [4.69, 9.17) is 5.73 Å². The number of nitrogen functional groups attached to an aromatic ring is 1. The van der Waals surface area contributed by atoms with E-state index < -0.39 is 0 Å². The Labute approximate surface area is 91.3 Å². The Balaban J connectivity index is 2.06. The summed E-state index contributed by atoms with van der Waals surface area (Å²) in [6, 6.07) is 3.95. The van der Waals surface area contributed by atoms with Crippen LogP contribution >= 0.6 is 0 Å². The van der Waals surface area contributed by atoms with Crippen molar-refractivity contribution < 1.29 is 0 Å². The van der Waals surface area contributed by atoms with Crippen LogP contribution in [0.25, 0.3) is 0 Å². The second kappa shape index (κ2) is 4.51. The number of aromatic nitrogens is 1. The summed E-state index contributed by atoms with van der Waals surface area (Å²) in [5.41, 5.74) is 6.37. The van der Waals surface area contributed by atoms with Crippen molar-refractivity contribution >= 4 is 11.5 Å². The molecular weight excluding hydrogens is 186 g/mol. The minimum absolute atomic E-state index is 0.738. The summed E-state index contributed by atoms with van der Waals surface area (Å²) >= 11 is 0. The Bertz CT molecular complexity index is 307. The maximum absolute atomic E-state index is 5.63. The maximum Gasteiger partial charge on any atom is 0.128 e. The Morgan fingerprint density at radius 2 is 2.20 bits per heavy atom. The third-order valence-electron chi connectivity index (χ3n) is 3.11. The average Bonchev–Trinajstić information content (AvgIpc) is 2.44. The fourth-order valence-electron chi connectivity index (χ4n) is 2.08. The molecule has 2 heterocycles. The Kier molecular flexibility index (Phi) is 3.09. The number of anilines is 2. The molecule has 1 aliphatic rings. The van der Waals surface area contributed by atoms with Crippen molar-refractivity contribution in [2.75, 3.05) is 23.7 Å². The molecule has 1 aromatic heterocycles. The molecule has 0 saturated carbocycles. The van der Waals surface area contributed by atoms with Crippen molar-refractivity contribution in [3.8, 4) is 0 Å². The van der Waals surface area contributed by atoms with Gasteiger partial charge in [0.15, 0.2) is 0 Å². The van der Waals surface area contributed by atoms with Crippen molar-refractivity contribution in [2.45, 2.75) is 26.2 Å². The first-order valence-corrected chi connectivity index (χ1v) is 5.72. The van der Waals surface area contributed by atoms with Crippen molar-refractivity contribution in [2.24, 2.45) is 5.92 Å². The van der Waals surface area contributed by atoms with Crippen LogP contribution in [0, 0.1) is 5.92 Å². The van der Waals surface area contributed by atoms with Gasteiger partial charge in [0.05, 0.1) is 11.9 Å². The topological polar surface area (TPSA) is 42.1 Å². The van der Waals surface area contributed by atoms with Crippen LogP contribution in [0.4, 0.5) is 11.5 Å². The van der Waals surface area contributed by atoms with Gasteiger partial charge in [-0.2, -0.15) is 0 Å². The minimum Gasteiger partial charge on any atom is -0.397 e. The fourth-order valence-corrected chi connectivity index (χ4v) is 2.08. The molecule has 0 radical (unpaired) electrons. The molecule has 1 atom stereocenters. The molecule has 82 valence electrons. The van der Waals surface area contributed by atoms with Gasteiger partial charge in [0.2, 0.25) is 0 Å². The summed E-state index contributed by atoms with van der Waals surface area (Å²) in [5, 5.41) is 0. The smallest absolute Gasteiger partial charge is 0.128 e. The first kappa shape index (κ1) is 10.3. The molecule has 2 rings (SSSR count). The van der Waals surface area contributed by atoms with Crippen LogP contribution in [-0.2, 0) is 0 Å². The van der Waals surface area contributed by atoms with E-state index in [1.807, 2.05) is 12.1 Å². The maximum atomic E-state index is 5.63. The Hall–Kier alpha value is -1.25. The van der Waals surface area contributed by atoms with Gasteiger partial charge < -0.3 is 10.6 Å². The molecule has 2 N–H and O–H groups in total. The van der Waals surface area contributed by atoms with E-state index in [9.17, 15) is 0 Å². The molecule has 1 saturated heterocycles. The zero-order valence-corrected chi connectivity index (χ0v) is 9.32. The van der Waals surface area contributed by atoms with Crippen LogP contribution in [0.5, 0.6) is 0 Å². The van der Waals surface area contributed by atoms with E-state index in [1.165, 1.54) is 19.3 Å². The highest BCUT2D eigenvalue weighted by molar-refractivity contribution is 5.45. The highest BCUT2D eigenvalue weighted by Gasteiger charge is 2.14. The van der Waals surface area contributed by atoms with Crippen molar-refractivity contribution in [3.63, 3.8) is 0 Å². The van der Waals surface area contributed by atoms with E-state index >= 15 is 0 Å². The van der Waals surface area contributed by atoms with Crippen molar-refractivity contribution in [1.29, 1.82) is 0 Å². The Morgan fingerprint density at radius 1 is 1.33 bits per heavy atom. The van der Waals surface area contributed by atoms with Gasteiger partial charge in [-0.05, 0) is 37.3 Å². The third kappa shape index (κ3) is 2.61. The van der Waals surface area contributed by atoms with Crippen molar-refractivity contribution in [3.05, 3.63) is 18.3 Å². The standard InChI is InChI=1S/C12H19N3/c1-10-3-2-7-15(8-6-10)12-5-4-11(13)9-14-12/h4-5,9-10H,2-3,6-8,13H2,1H3. The van der Waals surface area contributed by atoms with Crippen molar-refractivity contribution in [1.82, 2.24) is 4.98 Å². The largest absolute Gasteiger partial charge is 0.397 e. The number of nitrogens with two attached hydrogens (primary N) is 1. The number of hydrogen-bond donors (Lipinski definition) is 1. The lowest BCUT2D eigenvalue weighted by Gasteiger charge is -2.21. The van der Waals surface area contributed by atoms with Gasteiger partial charge in [-0.25, -0.2) is 4.98 Å². The SMILES string of the molecule is CC1CCCN(c2ccc(N)cn2)CC1. The first-order valence-electron chi connectivity index (χ1n) is 5.72. The summed E-state index contributed by atoms with van der Waals surface area (Å²) in [7, 11) is 0. The number of rotatable bonds is 1. The van der Waals surface area contributed by atoms with Crippen LogP contribution < -0.4 is 10.6 Å². The van der Waals surface area contributed by atoms with Crippen LogP contribution in [0.15, 0.2) is 18.3 Å². The number of hydrogen-bond acceptors (Lipinski definition) is 3. The summed E-state index contributed by atoms with van der Waals surface area (Å²) in [5.74, 6) is 1.92. The summed E-state index contributed by atoms with van der Waals surface area (Å²) < 4.78 is 0. The average molecular weight is 205 g/mol. The summed E-state index contributed by atoms with van der Waals surface area (Å²) in [4.78, 5) is 6.73. The Morgan fingerprint density at radius 3 is 2.93 bits per heavy atom. The highest BCUT2D eigenvalue weighted by atomic mass is 15.2. The van der Waals surface area contributed by atoms with E-state index in [2.05, 4.69) is 16.8 Å². The lowest BCUT2D eigenvalue weighted by atomic mass is 10.0. The molecule has 0 amide bonds. The second-order valence-corrected chi connectivity index (χ2v) is 4.47. The van der Waals surface area contributed by atoms with Crippen LogP contribution in [-0.4, -0.2) is 18.1 Å². The molecule has 0 bridgehead atoms. The lowest BCUT2D eigenvalue weighted by Crippen LogP contribution is -2.25. The number of nitrogens with zero attached hydrogens (tertiary/aromatic N) is 2. The molecule has 1 unspecified atom stereocenters. The molecule has 1 aliphatic heterocycles. The van der Waals surface area contributed by atoms with E-state index in [1.54, 1.807) is 6.20 Å². The summed E-state index contributed by atoms with van der Waals surface area (Å²) in [6.07, 6.45) is 5.62. The van der Waals surface area contributed by atoms with Gasteiger partial charge in [0.25, 0.3) is 0 Å². The summed E-state index contributed by atoms with van der Waals surface area (Å²) in [6.45, 7) is 4.58. The van der Waals surface area contributed by atoms with Crippen LogP contribution in [0.2, 0.25) is 0 Å². The van der Waals surface area contributed by atoms with Gasteiger partial charge in [-0.15, -0.1) is 0 Å². The predicted octanol–water partition coefficient (Wildman–Crippen LogP) is 2.29. The molecule has 3 nitrogen and oxygen atoms in total. The number of pyridine rings is 1. The third-order valence-corrected chi connectivity index (χ3v) is 3.11. The molecule has 1 fully saturated rings. The molecule has 0 aromatic carbocycles. The monoisotopic (exact) mass is 205 g/mol. The zero-order valence-electron chi connectivity index (χ0n) is 9.32. The zero-order chi connectivity index (χ0) is 10.7. The fraction of sp³-hybridized carbons (Fsp3) is 0.583. The van der Waals surface area contributed by atoms with Gasteiger partial charge >= 0.3 is 0 Å². The minimum atomic E-state index is 0.738. The second-order valence-electron chi connectivity index (χ2n) is 4.47. The van der Waals surface area contributed by atoms with Crippen LogP contribution in [0.1, 0.15) is 26.2 Å². The van der Waals surface area contributed by atoms with Gasteiger partial charge in [-0.3, -0.25) is 0 Å².